The van der Waals surface area contributed by atoms with Gasteiger partial charge in [-0.3, -0.25) is 28.8 Å². The molecule has 0 saturated heterocycles. The van der Waals surface area contributed by atoms with Gasteiger partial charge in [0.2, 0.25) is 0 Å². The predicted octanol–water partition coefficient (Wildman–Crippen LogP) is 5.46. The molecule has 3 aliphatic rings. The van der Waals surface area contributed by atoms with Crippen molar-refractivity contribution in [1.29, 1.82) is 0 Å². The zero-order valence-electron chi connectivity index (χ0n) is 23.9. The van der Waals surface area contributed by atoms with Crippen LogP contribution in [0, 0.1) is 0 Å². The number of carbonyl (C=O) groups excluding carboxylic acids is 5. The Balaban J connectivity index is 1.08. The number of aromatic nitrogens is 2. The molecular formula is C37H21N3O6. The van der Waals surface area contributed by atoms with Crippen LogP contribution in [-0.2, 0) is 0 Å². The monoisotopic (exact) mass is 603 g/mol. The highest BCUT2D eigenvalue weighted by atomic mass is 16.2. The fourth-order valence-corrected chi connectivity index (χ4v) is 6.28. The van der Waals surface area contributed by atoms with E-state index in [0.717, 1.165) is 22.5 Å². The van der Waals surface area contributed by atoms with E-state index < -0.39 is 40.6 Å². The molecule has 1 aromatic heterocycles. The first-order valence-electron chi connectivity index (χ1n) is 14.6. The van der Waals surface area contributed by atoms with E-state index in [9.17, 15) is 28.8 Å². The van der Waals surface area contributed by atoms with E-state index in [1.54, 1.807) is 36.4 Å². The summed E-state index contributed by atoms with van der Waals surface area (Å²) in [5, 5.41) is 0.333. The molecule has 1 atom stereocenters. The molecule has 5 aromatic rings. The lowest BCUT2D eigenvalue weighted by atomic mass is 9.96. The van der Waals surface area contributed by atoms with Crippen LogP contribution in [0.15, 0.2) is 108 Å². The van der Waals surface area contributed by atoms with Gasteiger partial charge < -0.3 is 4.98 Å². The second-order valence-electron chi connectivity index (χ2n) is 11.3. The van der Waals surface area contributed by atoms with Gasteiger partial charge in [-0.05, 0) is 66.1 Å². The fraction of sp³-hybridized carbons (Fsp3) is 0.0541. The molecule has 0 spiro atoms. The minimum Gasteiger partial charge on any atom is -0.309 e. The van der Waals surface area contributed by atoms with Gasteiger partial charge in [-0.1, -0.05) is 54.6 Å². The number of hydrogen-bond acceptors (Lipinski definition) is 7. The average molecular weight is 604 g/mol. The number of para-hydroxylation sites is 1. The third kappa shape index (κ3) is 4.06. The highest BCUT2D eigenvalue weighted by Crippen LogP contribution is 2.35. The predicted molar refractivity (Wildman–Crippen MR) is 169 cm³/mol. The van der Waals surface area contributed by atoms with Gasteiger partial charge in [0.25, 0.3) is 17.4 Å². The van der Waals surface area contributed by atoms with Crippen molar-refractivity contribution in [3.63, 3.8) is 0 Å². The summed E-state index contributed by atoms with van der Waals surface area (Å²) in [6.45, 7) is 0. The minimum absolute atomic E-state index is 0.0440. The largest absolute Gasteiger partial charge is 0.309 e. The molecule has 9 nitrogen and oxygen atoms in total. The second-order valence-corrected chi connectivity index (χ2v) is 11.3. The molecule has 0 saturated carbocycles. The molecule has 8 rings (SSSR count). The molecule has 2 heterocycles. The van der Waals surface area contributed by atoms with E-state index >= 15 is 0 Å². The maximum Gasteiger partial charge on any atom is 0.266 e. The molecule has 1 aliphatic heterocycles. The number of imide groups is 1. The number of hydrogen-bond donors (Lipinski definition) is 1. The quantitative estimate of drug-likeness (QED) is 0.160. The Morgan fingerprint density at radius 3 is 2.15 bits per heavy atom. The Bertz CT molecular complexity index is 2360. The summed E-state index contributed by atoms with van der Waals surface area (Å²) in [6.07, 6.45) is 7.03. The summed E-state index contributed by atoms with van der Waals surface area (Å²) in [4.78, 5) is 87.7. The van der Waals surface area contributed by atoms with Crippen molar-refractivity contribution >= 4 is 51.3 Å². The Kier molecular flexibility index (Phi) is 5.98. The van der Waals surface area contributed by atoms with E-state index in [1.165, 1.54) is 36.4 Å². The lowest BCUT2D eigenvalue weighted by Gasteiger charge is -2.14. The maximum absolute atomic E-state index is 13.6. The molecule has 4 aromatic carbocycles. The standard InChI is InChI=1S/C37H21N3O6/c41-31(21-11-15-24-27(17-21)33(43)30(32(24)42)34-38-29-8-4-3-7-26(29)35(44)39-34)22-12-16-25-28(18-22)37(46)40(36(25)45)23-13-9-20(10-14-23)19-5-1-2-6-19/h1,3-18,30H,2H2,(H,38,39,44). The van der Waals surface area contributed by atoms with E-state index in [2.05, 4.69) is 22.1 Å². The van der Waals surface area contributed by atoms with Gasteiger partial charge in [-0.25, -0.2) is 9.88 Å². The molecule has 9 heteroatoms. The molecular weight excluding hydrogens is 582 g/mol. The van der Waals surface area contributed by atoms with Crippen LogP contribution in [0.25, 0.3) is 16.5 Å². The van der Waals surface area contributed by atoms with Crippen molar-refractivity contribution in [3.05, 3.63) is 158 Å². The third-order valence-electron chi connectivity index (χ3n) is 8.62. The normalized spacial score (nSPS) is 16.7. The number of nitrogens with one attached hydrogen (secondary N) is 1. The minimum atomic E-state index is -1.34. The number of benzene rings is 4. The Labute approximate surface area is 260 Å². The molecule has 1 N–H and O–H groups in total. The molecule has 46 heavy (non-hydrogen) atoms. The zero-order chi connectivity index (χ0) is 31.7. The number of anilines is 1. The summed E-state index contributed by atoms with van der Waals surface area (Å²) in [7, 11) is 0. The van der Waals surface area contributed by atoms with Gasteiger partial charge in [-0.15, -0.1) is 0 Å². The molecule has 2 aliphatic carbocycles. The van der Waals surface area contributed by atoms with Gasteiger partial charge in [0.15, 0.2) is 17.3 Å². The molecule has 0 bridgehead atoms. The lowest BCUT2D eigenvalue weighted by Crippen LogP contribution is -2.29. The molecule has 220 valence electrons. The number of ketones is 3. The number of allylic oxidation sites excluding steroid dienone is 4. The van der Waals surface area contributed by atoms with E-state index in [4.69, 9.17) is 0 Å². The number of nitrogens with zero attached hydrogens (tertiary/aromatic N) is 2. The lowest BCUT2D eigenvalue weighted by molar-refractivity contribution is 0.0880. The van der Waals surface area contributed by atoms with Crippen LogP contribution in [0.3, 0.4) is 0 Å². The summed E-state index contributed by atoms with van der Waals surface area (Å²) in [5.74, 6) is -4.03. The topological polar surface area (TPSA) is 134 Å². The summed E-state index contributed by atoms with van der Waals surface area (Å²) in [6, 6.07) is 22.2. The van der Waals surface area contributed by atoms with Gasteiger partial charge in [-0.2, -0.15) is 0 Å². The summed E-state index contributed by atoms with van der Waals surface area (Å²) >= 11 is 0. The summed E-state index contributed by atoms with van der Waals surface area (Å²) in [5.41, 5.74) is 3.08. The van der Waals surface area contributed by atoms with E-state index in [1.807, 2.05) is 18.2 Å². The number of H-pyrrole nitrogens is 1. The van der Waals surface area contributed by atoms with Gasteiger partial charge in [0, 0.05) is 22.3 Å². The molecule has 1 unspecified atom stereocenters. The molecule has 2 amide bonds. The number of carbonyl (C=O) groups is 5. The number of rotatable bonds is 5. The van der Waals surface area contributed by atoms with Crippen molar-refractivity contribution < 1.29 is 24.0 Å². The molecule has 0 radical (unpaired) electrons. The van der Waals surface area contributed by atoms with Crippen LogP contribution in [0.2, 0.25) is 0 Å². The van der Waals surface area contributed by atoms with E-state index in [0.29, 0.717) is 16.6 Å². The smallest absolute Gasteiger partial charge is 0.266 e. The number of aromatic amines is 1. The van der Waals surface area contributed by atoms with Crippen LogP contribution in [0.1, 0.15) is 81.1 Å². The van der Waals surface area contributed by atoms with E-state index in [-0.39, 0.29) is 39.2 Å². The first-order valence-corrected chi connectivity index (χ1v) is 14.6. The Hall–Kier alpha value is -6.35. The zero-order valence-corrected chi connectivity index (χ0v) is 23.9. The maximum atomic E-state index is 13.6. The highest BCUT2D eigenvalue weighted by Gasteiger charge is 2.42. The summed E-state index contributed by atoms with van der Waals surface area (Å²) < 4.78 is 0. The third-order valence-corrected chi connectivity index (χ3v) is 8.62. The first-order chi connectivity index (χ1) is 22.3. The van der Waals surface area contributed by atoms with Crippen LogP contribution in [-0.4, -0.2) is 39.1 Å². The number of Topliss-reactive ketones (excluding diaryl/α,β-unsaturated/α-hetero) is 2. The van der Waals surface area contributed by atoms with Gasteiger partial charge in [0.1, 0.15) is 11.7 Å². The van der Waals surface area contributed by atoms with Crippen LogP contribution in [0.5, 0.6) is 0 Å². The molecule has 0 fully saturated rings. The van der Waals surface area contributed by atoms with Crippen LogP contribution < -0.4 is 10.5 Å². The first kappa shape index (κ1) is 27.2. The van der Waals surface area contributed by atoms with Crippen molar-refractivity contribution in [1.82, 2.24) is 9.97 Å². The second kappa shape index (κ2) is 10.1. The number of fused-ring (bicyclic) bond motifs is 3. The Morgan fingerprint density at radius 1 is 0.739 bits per heavy atom. The Morgan fingerprint density at radius 2 is 1.41 bits per heavy atom. The SMILES string of the molecule is O=C(c1ccc2c(c1)C(=O)C(c1nc3ccccc3c(=O)[nH]1)C2=O)c1ccc2c(c1)C(=O)N(c1ccc(C3=CCC=C3)cc1)C2=O. The van der Waals surface area contributed by atoms with Crippen molar-refractivity contribution in [2.75, 3.05) is 4.90 Å². The van der Waals surface area contributed by atoms with Crippen LogP contribution in [0.4, 0.5) is 5.69 Å². The van der Waals surface area contributed by atoms with Gasteiger partial charge >= 0.3 is 0 Å². The fourth-order valence-electron chi connectivity index (χ4n) is 6.28. The average Bonchev–Trinajstić information content (AvgIpc) is 3.77. The van der Waals surface area contributed by atoms with Crippen molar-refractivity contribution in [3.8, 4) is 0 Å². The highest BCUT2D eigenvalue weighted by molar-refractivity contribution is 6.35. The van der Waals surface area contributed by atoms with Crippen molar-refractivity contribution in [2.45, 2.75) is 12.3 Å². The van der Waals surface area contributed by atoms with Crippen LogP contribution >= 0.6 is 0 Å². The van der Waals surface area contributed by atoms with Gasteiger partial charge in [0.05, 0.1) is 27.7 Å². The van der Waals surface area contributed by atoms with Crippen molar-refractivity contribution in [2.24, 2.45) is 0 Å². The number of amides is 2.